The van der Waals surface area contributed by atoms with Crippen LogP contribution >= 0.6 is 58.0 Å². The van der Waals surface area contributed by atoms with Gasteiger partial charge in [0.05, 0.1) is 66.1 Å². The van der Waals surface area contributed by atoms with Crippen LogP contribution in [0.2, 0.25) is 25.8 Å². The van der Waals surface area contributed by atoms with Crippen LogP contribution in [0, 0.1) is 0 Å². The number of para-hydroxylation sites is 5. The number of fused-ring (bicyclic) bond motifs is 5. The maximum Gasteiger partial charge on any atom is 0.335 e. The second-order valence-corrected chi connectivity index (χ2v) is 27.8. The predicted octanol–water partition coefficient (Wildman–Crippen LogP) is 16.1. The number of ether oxygens (including phenoxy) is 3. The lowest BCUT2D eigenvalue weighted by molar-refractivity contribution is -0.143. The minimum absolute atomic E-state index is 0.183. The first kappa shape index (κ1) is 99.4. The fourth-order valence-electron chi connectivity index (χ4n) is 13.2. The number of aliphatic hydroxyl groups is 1. The fraction of sp³-hybridized carbons (Fsp3) is 0.186. The number of aldehydes is 1. The highest BCUT2D eigenvalue weighted by atomic mass is 35.5. The maximum absolute atomic E-state index is 11.7. The van der Waals surface area contributed by atoms with E-state index in [0.717, 1.165) is 159 Å². The monoisotopic (exact) mass is 1870 g/mol. The highest BCUT2D eigenvalue weighted by molar-refractivity contribution is 7.52. The lowest BCUT2D eigenvalue weighted by Crippen LogP contribution is -2.37. The van der Waals surface area contributed by atoms with Gasteiger partial charge in [-0.25, -0.2) is 29.7 Å². The molecule has 11 heterocycles. The number of hydrogen-bond donors (Lipinski definition) is 1. The SMILES string of the molecule is CCOC(=O)C=Cc1cc2c(Cl)nccc2n1-c1ccccc1.CCOC(=O)CCc1cc2c(Cl)nccc2n1-c1ccccc1.Clc1nccc2c1cc(CCCN1CCOCC1)n2-c1ccccc1.O=Cc1cc2c(Cl)nccc2n1-c1ccccc1.O=S=O.O=S=O.O=S=O.O=S=O.O=S=O.OCCCc1cc2c(Cl)nccc2n1-c1ccccc1. The number of halogens is 5. The van der Waals surface area contributed by atoms with Crippen LogP contribution in [0.1, 0.15) is 66.4 Å². The van der Waals surface area contributed by atoms with Crippen molar-refractivity contribution in [1.29, 1.82) is 0 Å². The molecule has 28 nitrogen and oxygen atoms in total. The normalized spacial score (nSPS) is 11.1. The van der Waals surface area contributed by atoms with Gasteiger partial charge in [0.25, 0.3) is 0 Å². The molecule has 10 aromatic heterocycles. The third kappa shape index (κ3) is 28.7. The topological polar surface area (TPSA) is 362 Å². The van der Waals surface area contributed by atoms with E-state index in [4.69, 9.17) is 119 Å². The van der Waals surface area contributed by atoms with Crippen molar-refractivity contribution >= 4 is 195 Å². The average Bonchev–Trinajstić information content (AvgIpc) is 1.66. The molecular formula is C86H78Cl5N11O17S5. The molecule has 0 radical (unpaired) electrons. The summed E-state index contributed by atoms with van der Waals surface area (Å²) in [5.74, 6) is -0.567. The third-order valence-corrected chi connectivity index (χ3v) is 19.6. The van der Waals surface area contributed by atoms with Crippen molar-refractivity contribution in [3.63, 3.8) is 0 Å². The Kier molecular flexibility index (Phi) is 43.9. The summed E-state index contributed by atoms with van der Waals surface area (Å²) in [4.78, 5) is 57.6. The molecule has 1 N–H and O–H groups in total. The summed E-state index contributed by atoms with van der Waals surface area (Å²) < 4.78 is 109. The summed E-state index contributed by atoms with van der Waals surface area (Å²) in [5, 5.41) is 15.9. The molecule has 15 aromatic rings. The van der Waals surface area contributed by atoms with Crippen molar-refractivity contribution in [3.05, 3.63) is 304 Å². The van der Waals surface area contributed by atoms with Crippen molar-refractivity contribution in [2.45, 2.75) is 52.4 Å². The van der Waals surface area contributed by atoms with Gasteiger partial charge in [-0.05, 0) is 180 Å². The Morgan fingerprint density at radius 2 is 0.694 bits per heavy atom. The number of pyridine rings is 5. The van der Waals surface area contributed by atoms with E-state index >= 15 is 0 Å². The molecule has 5 aromatic carbocycles. The van der Waals surface area contributed by atoms with E-state index < -0.39 is 57.9 Å². The van der Waals surface area contributed by atoms with Crippen molar-refractivity contribution in [3.8, 4) is 28.4 Å². The van der Waals surface area contributed by atoms with Crippen LogP contribution in [0.3, 0.4) is 0 Å². The van der Waals surface area contributed by atoms with Crippen molar-refractivity contribution in [2.75, 3.05) is 52.7 Å². The number of aliphatic hydroxyl groups excluding tert-OH is 1. The average molecular weight is 1880 g/mol. The quantitative estimate of drug-likeness (QED) is 0.0320. The molecule has 0 saturated carbocycles. The van der Waals surface area contributed by atoms with E-state index in [-0.39, 0.29) is 18.5 Å². The van der Waals surface area contributed by atoms with Crippen molar-refractivity contribution in [1.82, 2.24) is 52.7 Å². The van der Waals surface area contributed by atoms with Gasteiger partial charge in [0, 0.05) is 135 Å². The molecule has 0 atom stereocenters. The van der Waals surface area contributed by atoms with Gasteiger partial charge in [-0.2, -0.15) is 42.1 Å². The summed E-state index contributed by atoms with van der Waals surface area (Å²) >= 11 is 27.3. The van der Waals surface area contributed by atoms with Crippen LogP contribution in [0.25, 0.3) is 89.0 Å². The third-order valence-electron chi connectivity index (χ3n) is 18.1. The number of benzene rings is 5. The first-order valence-corrected chi connectivity index (χ1v) is 42.6. The Morgan fingerprint density at radius 3 is 1.02 bits per heavy atom. The molecule has 38 heteroatoms. The largest absolute Gasteiger partial charge is 0.466 e. The lowest BCUT2D eigenvalue weighted by Gasteiger charge is -2.26. The van der Waals surface area contributed by atoms with E-state index in [2.05, 4.69) is 92.1 Å². The van der Waals surface area contributed by atoms with Crippen LogP contribution in [-0.4, -0.2) is 171 Å². The molecule has 0 amide bonds. The zero-order chi connectivity index (χ0) is 89.6. The molecule has 124 heavy (non-hydrogen) atoms. The maximum atomic E-state index is 11.7. The smallest absolute Gasteiger partial charge is 0.335 e. The molecule has 644 valence electrons. The number of nitrogens with zero attached hydrogens (tertiary/aromatic N) is 11. The number of rotatable bonds is 20. The summed E-state index contributed by atoms with van der Waals surface area (Å²) in [6.07, 6.45) is 17.0. The number of carbonyl (C=O) groups excluding carboxylic acids is 3. The van der Waals surface area contributed by atoms with Crippen LogP contribution in [0.15, 0.2) is 249 Å². The molecule has 0 spiro atoms. The fourth-order valence-corrected chi connectivity index (χ4v) is 14.2. The first-order chi connectivity index (χ1) is 60.4. The second kappa shape index (κ2) is 54.7. The van der Waals surface area contributed by atoms with Crippen LogP contribution in [0.4, 0.5) is 0 Å². The van der Waals surface area contributed by atoms with Gasteiger partial charge in [-0.15, -0.1) is 0 Å². The Hall–Kier alpha value is -11.7. The predicted molar refractivity (Wildman–Crippen MR) is 482 cm³/mol. The molecule has 1 aliphatic heterocycles. The Labute approximate surface area is 754 Å². The van der Waals surface area contributed by atoms with Crippen LogP contribution in [-0.2, 0) is 101 Å². The van der Waals surface area contributed by atoms with Gasteiger partial charge < -0.3 is 42.2 Å². The van der Waals surface area contributed by atoms with Crippen LogP contribution in [0.5, 0.6) is 0 Å². The van der Waals surface area contributed by atoms with E-state index in [1.165, 1.54) is 17.5 Å². The lowest BCUT2D eigenvalue weighted by atomic mass is 10.2. The number of morpholine rings is 1. The van der Waals surface area contributed by atoms with Gasteiger partial charge in [-0.3, -0.25) is 14.5 Å². The molecule has 0 unspecified atom stereocenters. The molecule has 16 rings (SSSR count). The minimum Gasteiger partial charge on any atom is -0.466 e. The van der Waals surface area contributed by atoms with E-state index in [1.54, 1.807) is 50.1 Å². The summed E-state index contributed by atoms with van der Waals surface area (Å²) in [5.41, 5.74) is 15.0. The van der Waals surface area contributed by atoms with Crippen LogP contribution < -0.4 is 0 Å². The second-order valence-electron chi connectivity index (χ2n) is 25.3. The summed E-state index contributed by atoms with van der Waals surface area (Å²) in [6.45, 7) is 9.40. The molecule has 0 bridgehead atoms. The minimum atomic E-state index is -0.750. The van der Waals surface area contributed by atoms with Gasteiger partial charge in [-0.1, -0.05) is 149 Å². The molecule has 1 aliphatic rings. The molecule has 1 fully saturated rings. The highest BCUT2D eigenvalue weighted by Crippen LogP contribution is 2.35. The Balaban J connectivity index is 0.000000205. The van der Waals surface area contributed by atoms with Crippen molar-refractivity contribution in [2.24, 2.45) is 0 Å². The van der Waals surface area contributed by atoms with Gasteiger partial charge in [0.15, 0.2) is 6.29 Å². The first-order valence-electron chi connectivity index (χ1n) is 37.4. The molecule has 1 saturated heterocycles. The van der Waals surface area contributed by atoms with Gasteiger partial charge in [0.1, 0.15) is 25.8 Å². The number of esters is 2. The zero-order valence-corrected chi connectivity index (χ0v) is 73.9. The van der Waals surface area contributed by atoms with Crippen molar-refractivity contribution < 1.29 is 75.8 Å². The number of aryl methyl sites for hydroxylation is 3. The van der Waals surface area contributed by atoms with E-state index in [9.17, 15) is 14.4 Å². The molecular weight excluding hydrogens is 1800 g/mol. The standard InChI is InChI=1S/C20H22ClN3O.C18H17ClN2O2.C18H15ClN2O2.C16H15ClN2O.C14H9ClN2O.5O2S/c21-20-18-15-17(7-4-10-23-11-13-25-14-12-23)24(19(18)8-9-22-20)16-5-2-1-3-6-16;2*1-2-23-17(22)9-8-14-12-15-16(10-11-20-18(15)19)21(14)13-6-4-3-5-7-13;17-16-14-11-13(7-4-10-20)19(15(14)8-9-18-16)12-5-2-1-3-6-12;15-14-12-8-11(9-18)17(13(12)6-7-16-14)10-4-2-1-3-5-10;5*1-3-2/h1-3,5-6,8-9,15H,4,7,10-14H2;3-7,10-12H,2,8-9H2,1H3;3-12H,2H2,1H3;1-3,5-6,8-9,11,20H,4,7,10H2;1-9H;;;;;. The molecule has 0 aliphatic carbocycles. The number of carbonyl (C=O) groups is 3. The van der Waals surface area contributed by atoms with Gasteiger partial charge in [0.2, 0.25) is 0 Å². The highest BCUT2D eigenvalue weighted by Gasteiger charge is 2.20. The van der Waals surface area contributed by atoms with E-state index in [1.807, 2.05) is 174 Å². The van der Waals surface area contributed by atoms with E-state index in [0.29, 0.717) is 57.5 Å². The number of aromatic nitrogens is 10. The summed E-state index contributed by atoms with van der Waals surface area (Å²) in [6, 6.07) is 69.8. The summed E-state index contributed by atoms with van der Waals surface area (Å²) in [7, 11) is 0. The van der Waals surface area contributed by atoms with Gasteiger partial charge >= 0.3 is 69.8 Å². The Bertz CT molecular complexity index is 6110. The zero-order valence-electron chi connectivity index (χ0n) is 66.1. The number of hydrogen-bond acceptors (Lipinski definition) is 23. The Morgan fingerprint density at radius 1 is 0.403 bits per heavy atom.